The summed E-state index contributed by atoms with van der Waals surface area (Å²) in [6, 6.07) is 13.3. The molecule has 0 atom stereocenters. The van der Waals surface area contributed by atoms with Gasteiger partial charge in [0.15, 0.2) is 0 Å². The van der Waals surface area contributed by atoms with Gasteiger partial charge in [-0.3, -0.25) is 0 Å². The van der Waals surface area contributed by atoms with Gasteiger partial charge in [0.1, 0.15) is 11.5 Å². The highest BCUT2D eigenvalue weighted by atomic mass is 127. The first-order valence-corrected chi connectivity index (χ1v) is 6.56. The van der Waals surface area contributed by atoms with Crippen LogP contribution in [0.3, 0.4) is 0 Å². The number of nitrogens with two attached hydrogens (primary N) is 1. The number of hydrogen-bond donors (Lipinski definition) is 1. The molecule has 0 radical (unpaired) electrons. The first-order valence-electron chi connectivity index (χ1n) is 5.11. The molecule has 0 heterocycles. The molecule has 0 bridgehead atoms. The van der Waals surface area contributed by atoms with E-state index >= 15 is 0 Å². The Labute approximate surface area is 119 Å². The van der Waals surface area contributed by atoms with E-state index in [1.807, 2.05) is 36.4 Å². The van der Waals surface area contributed by atoms with Crippen molar-refractivity contribution in [2.45, 2.75) is 6.54 Å². The molecule has 0 aromatic heterocycles. The number of ether oxygens (including phenoxy) is 1. The number of hydrogen-bond acceptors (Lipinski definition) is 2. The Morgan fingerprint density at radius 2 is 2.00 bits per heavy atom. The van der Waals surface area contributed by atoms with Gasteiger partial charge >= 0.3 is 0 Å². The second kappa shape index (κ2) is 5.71. The Kier molecular flexibility index (Phi) is 4.25. The van der Waals surface area contributed by atoms with Gasteiger partial charge in [-0.1, -0.05) is 23.7 Å². The zero-order chi connectivity index (χ0) is 12.3. The third-order valence-corrected chi connectivity index (χ3v) is 3.18. The molecular weight excluding hydrogens is 349 g/mol. The van der Waals surface area contributed by atoms with Crippen LogP contribution >= 0.6 is 34.2 Å². The van der Waals surface area contributed by atoms with E-state index in [0.717, 1.165) is 14.9 Å². The first-order chi connectivity index (χ1) is 8.19. The minimum absolute atomic E-state index is 0.427. The van der Waals surface area contributed by atoms with Crippen LogP contribution in [0, 0.1) is 3.57 Å². The molecule has 0 saturated heterocycles. The van der Waals surface area contributed by atoms with Crippen LogP contribution in [-0.4, -0.2) is 0 Å². The third-order valence-electron chi connectivity index (χ3n) is 2.27. The van der Waals surface area contributed by atoms with Gasteiger partial charge in [-0.05, 0) is 52.9 Å². The third kappa shape index (κ3) is 3.34. The SMILES string of the molecule is NCc1ccc(Cl)cc1Oc1cccc(I)c1. The predicted molar refractivity (Wildman–Crippen MR) is 78.6 cm³/mol. The van der Waals surface area contributed by atoms with Crippen molar-refractivity contribution in [3.8, 4) is 11.5 Å². The molecule has 0 aliphatic carbocycles. The van der Waals surface area contributed by atoms with Crippen molar-refractivity contribution in [3.05, 3.63) is 56.6 Å². The van der Waals surface area contributed by atoms with Crippen molar-refractivity contribution >= 4 is 34.2 Å². The van der Waals surface area contributed by atoms with Gasteiger partial charge in [0, 0.05) is 20.7 Å². The van der Waals surface area contributed by atoms with Gasteiger partial charge in [0.05, 0.1) is 0 Å². The largest absolute Gasteiger partial charge is 0.457 e. The van der Waals surface area contributed by atoms with Crippen LogP contribution in [0.2, 0.25) is 5.02 Å². The quantitative estimate of drug-likeness (QED) is 0.834. The minimum atomic E-state index is 0.427. The average Bonchev–Trinajstić information content (AvgIpc) is 2.29. The zero-order valence-electron chi connectivity index (χ0n) is 8.99. The molecule has 88 valence electrons. The highest BCUT2D eigenvalue weighted by Gasteiger charge is 2.05. The molecule has 0 aliphatic rings. The Hall–Kier alpha value is -0.780. The van der Waals surface area contributed by atoms with Crippen LogP contribution in [0.4, 0.5) is 0 Å². The molecule has 2 aromatic carbocycles. The molecule has 0 spiro atoms. The van der Waals surface area contributed by atoms with E-state index < -0.39 is 0 Å². The van der Waals surface area contributed by atoms with Crippen molar-refractivity contribution in [2.75, 3.05) is 0 Å². The Morgan fingerprint density at radius 1 is 1.18 bits per heavy atom. The van der Waals surface area contributed by atoms with Crippen LogP contribution in [0.15, 0.2) is 42.5 Å². The van der Waals surface area contributed by atoms with Crippen molar-refractivity contribution in [1.82, 2.24) is 0 Å². The molecule has 2 aromatic rings. The highest BCUT2D eigenvalue weighted by molar-refractivity contribution is 14.1. The number of benzene rings is 2. The monoisotopic (exact) mass is 359 g/mol. The molecule has 0 fully saturated rings. The molecule has 4 heteroatoms. The Morgan fingerprint density at radius 3 is 2.71 bits per heavy atom. The van der Waals surface area contributed by atoms with Crippen molar-refractivity contribution in [3.63, 3.8) is 0 Å². The summed E-state index contributed by atoms with van der Waals surface area (Å²) in [6.07, 6.45) is 0. The van der Waals surface area contributed by atoms with E-state index in [1.165, 1.54) is 0 Å². The lowest BCUT2D eigenvalue weighted by atomic mass is 10.2. The first kappa shape index (κ1) is 12.7. The highest BCUT2D eigenvalue weighted by Crippen LogP contribution is 2.28. The maximum absolute atomic E-state index is 5.95. The summed E-state index contributed by atoms with van der Waals surface area (Å²) in [5.41, 5.74) is 6.60. The lowest BCUT2D eigenvalue weighted by molar-refractivity contribution is 0.476. The molecule has 0 amide bonds. The van der Waals surface area contributed by atoms with Gasteiger partial charge in [-0.15, -0.1) is 0 Å². The molecule has 2 nitrogen and oxygen atoms in total. The van der Waals surface area contributed by atoms with Crippen LogP contribution < -0.4 is 10.5 Å². The predicted octanol–water partition coefficient (Wildman–Crippen LogP) is 4.20. The molecule has 2 rings (SSSR count). The van der Waals surface area contributed by atoms with Crippen LogP contribution in [-0.2, 0) is 6.54 Å². The summed E-state index contributed by atoms with van der Waals surface area (Å²) in [7, 11) is 0. The summed E-state index contributed by atoms with van der Waals surface area (Å²) in [5, 5.41) is 0.642. The fourth-order valence-electron chi connectivity index (χ4n) is 1.45. The molecule has 0 aliphatic heterocycles. The lowest BCUT2D eigenvalue weighted by Gasteiger charge is -2.10. The van der Waals surface area contributed by atoms with Crippen molar-refractivity contribution in [1.29, 1.82) is 0 Å². The van der Waals surface area contributed by atoms with Crippen LogP contribution in [0.1, 0.15) is 5.56 Å². The van der Waals surface area contributed by atoms with Crippen molar-refractivity contribution in [2.24, 2.45) is 5.73 Å². The number of rotatable bonds is 3. The van der Waals surface area contributed by atoms with Gasteiger partial charge in [0.25, 0.3) is 0 Å². The minimum Gasteiger partial charge on any atom is -0.457 e. The normalized spacial score (nSPS) is 10.3. The van der Waals surface area contributed by atoms with Crippen LogP contribution in [0.5, 0.6) is 11.5 Å². The fourth-order valence-corrected chi connectivity index (χ4v) is 2.13. The molecule has 0 saturated carbocycles. The average molecular weight is 360 g/mol. The van der Waals surface area contributed by atoms with Gasteiger partial charge in [-0.2, -0.15) is 0 Å². The van der Waals surface area contributed by atoms with E-state index in [4.69, 9.17) is 22.1 Å². The van der Waals surface area contributed by atoms with E-state index in [9.17, 15) is 0 Å². The maximum Gasteiger partial charge on any atom is 0.133 e. The van der Waals surface area contributed by atoms with Gasteiger partial charge < -0.3 is 10.5 Å². The molecule has 0 unspecified atom stereocenters. The summed E-state index contributed by atoms with van der Waals surface area (Å²) >= 11 is 8.19. The van der Waals surface area contributed by atoms with E-state index in [2.05, 4.69) is 22.6 Å². The zero-order valence-corrected chi connectivity index (χ0v) is 11.9. The Balaban J connectivity index is 2.32. The smallest absolute Gasteiger partial charge is 0.133 e. The van der Waals surface area contributed by atoms with Crippen molar-refractivity contribution < 1.29 is 4.74 Å². The lowest BCUT2D eigenvalue weighted by Crippen LogP contribution is -1.99. The second-order valence-corrected chi connectivity index (χ2v) is 5.20. The van der Waals surface area contributed by atoms with Crippen LogP contribution in [0.25, 0.3) is 0 Å². The topological polar surface area (TPSA) is 35.2 Å². The van der Waals surface area contributed by atoms with Gasteiger partial charge in [-0.25, -0.2) is 0 Å². The van der Waals surface area contributed by atoms with Gasteiger partial charge in [0.2, 0.25) is 0 Å². The molecule has 17 heavy (non-hydrogen) atoms. The number of halogens is 2. The van der Waals surface area contributed by atoms with E-state index in [0.29, 0.717) is 17.3 Å². The fraction of sp³-hybridized carbons (Fsp3) is 0.0769. The molecule has 2 N–H and O–H groups in total. The summed E-state index contributed by atoms with van der Waals surface area (Å²) in [4.78, 5) is 0. The maximum atomic E-state index is 5.95. The summed E-state index contributed by atoms with van der Waals surface area (Å²) in [6.45, 7) is 0.427. The molecular formula is C13H11ClINO. The van der Waals surface area contributed by atoms with E-state index in [1.54, 1.807) is 6.07 Å². The summed E-state index contributed by atoms with van der Waals surface area (Å²) in [5.74, 6) is 1.50. The standard InChI is InChI=1S/C13H11ClINO/c14-10-5-4-9(8-16)13(6-10)17-12-3-1-2-11(15)7-12/h1-7H,8,16H2. The summed E-state index contributed by atoms with van der Waals surface area (Å²) < 4.78 is 6.91. The Bertz CT molecular complexity index is 531. The van der Waals surface area contributed by atoms with E-state index in [-0.39, 0.29) is 0 Å². The second-order valence-electron chi connectivity index (χ2n) is 3.52.